The number of carbonyl (C=O) groups excluding carboxylic acids is 1. The molecule has 0 fully saturated rings. The van der Waals surface area contributed by atoms with Gasteiger partial charge < -0.3 is 9.47 Å². The average Bonchev–Trinajstić information content (AvgIpc) is 3.06. The number of carbonyl (C=O) groups is 1. The number of nitrogens with zero attached hydrogens (tertiary/aromatic N) is 3. The smallest absolute Gasteiger partial charge is 0.358 e. The summed E-state index contributed by atoms with van der Waals surface area (Å²) in [5, 5.41) is 5.63. The van der Waals surface area contributed by atoms with E-state index in [2.05, 4.69) is 10.1 Å². The van der Waals surface area contributed by atoms with Crippen LogP contribution in [0.1, 0.15) is 17.4 Å². The zero-order valence-corrected chi connectivity index (χ0v) is 15.8. The van der Waals surface area contributed by atoms with Crippen molar-refractivity contribution in [2.24, 2.45) is 0 Å². The van der Waals surface area contributed by atoms with Crippen LogP contribution in [-0.2, 0) is 4.74 Å². The molecular weight excluding hydrogens is 374 g/mol. The Kier molecular flexibility index (Phi) is 5.80. The second-order valence-electron chi connectivity index (χ2n) is 5.09. The van der Waals surface area contributed by atoms with Gasteiger partial charge in [0.15, 0.2) is 5.69 Å². The normalized spacial score (nSPS) is 10.6. The van der Waals surface area contributed by atoms with Crippen molar-refractivity contribution < 1.29 is 14.3 Å². The molecule has 26 heavy (non-hydrogen) atoms. The fourth-order valence-electron chi connectivity index (χ4n) is 2.22. The van der Waals surface area contributed by atoms with Crippen LogP contribution >= 0.6 is 23.4 Å². The number of pyridine rings is 1. The lowest BCUT2D eigenvalue weighted by Crippen LogP contribution is -2.07. The van der Waals surface area contributed by atoms with Gasteiger partial charge in [-0.15, -0.1) is 0 Å². The summed E-state index contributed by atoms with van der Waals surface area (Å²) < 4.78 is 11.9. The first kappa shape index (κ1) is 18.3. The predicted octanol–water partition coefficient (Wildman–Crippen LogP) is 4.26. The van der Waals surface area contributed by atoms with E-state index < -0.39 is 5.97 Å². The third kappa shape index (κ3) is 4.00. The van der Waals surface area contributed by atoms with Gasteiger partial charge in [-0.2, -0.15) is 5.10 Å². The Morgan fingerprint density at radius 1 is 1.27 bits per heavy atom. The molecule has 0 N–H and O–H groups in total. The summed E-state index contributed by atoms with van der Waals surface area (Å²) in [7, 11) is 1.56. The van der Waals surface area contributed by atoms with Crippen LogP contribution < -0.4 is 4.74 Å². The van der Waals surface area contributed by atoms with E-state index in [1.807, 2.05) is 24.3 Å². The van der Waals surface area contributed by atoms with Gasteiger partial charge in [-0.3, -0.25) is 0 Å². The van der Waals surface area contributed by atoms with Gasteiger partial charge in [0.1, 0.15) is 5.03 Å². The van der Waals surface area contributed by atoms with Crippen molar-refractivity contribution in [2.45, 2.75) is 16.8 Å². The highest BCUT2D eigenvalue weighted by atomic mass is 35.5. The Morgan fingerprint density at radius 2 is 2.08 bits per heavy atom. The van der Waals surface area contributed by atoms with Crippen molar-refractivity contribution >= 4 is 29.3 Å². The number of methoxy groups -OCH3 is 1. The zero-order chi connectivity index (χ0) is 18.5. The predicted molar refractivity (Wildman–Crippen MR) is 99.4 cm³/mol. The van der Waals surface area contributed by atoms with E-state index in [1.54, 1.807) is 43.1 Å². The molecule has 0 aliphatic carbocycles. The minimum atomic E-state index is -0.479. The Bertz CT molecular complexity index is 930. The summed E-state index contributed by atoms with van der Waals surface area (Å²) in [6.45, 7) is 2.03. The Balaban J connectivity index is 2.04. The molecule has 0 spiro atoms. The lowest BCUT2D eigenvalue weighted by Gasteiger charge is -2.09. The first-order valence-corrected chi connectivity index (χ1v) is 9.01. The van der Waals surface area contributed by atoms with Crippen molar-refractivity contribution in [1.29, 1.82) is 0 Å². The number of halogens is 1. The Labute approximate surface area is 160 Å². The maximum Gasteiger partial charge on any atom is 0.358 e. The molecule has 6 nitrogen and oxygen atoms in total. The van der Waals surface area contributed by atoms with Gasteiger partial charge in [-0.05, 0) is 25.1 Å². The molecule has 2 heterocycles. The molecule has 8 heteroatoms. The molecule has 134 valence electrons. The fourth-order valence-corrected chi connectivity index (χ4v) is 3.37. The van der Waals surface area contributed by atoms with Crippen molar-refractivity contribution in [3.63, 3.8) is 0 Å². The van der Waals surface area contributed by atoms with E-state index in [0.29, 0.717) is 16.6 Å². The Hall–Kier alpha value is -2.51. The fraction of sp³-hybridized carbons (Fsp3) is 0.167. The molecule has 0 saturated heterocycles. The first-order chi connectivity index (χ1) is 12.6. The minimum Gasteiger partial charge on any atom is -0.481 e. The molecule has 2 aromatic heterocycles. The number of hydrogen-bond acceptors (Lipinski definition) is 6. The third-order valence-corrected chi connectivity index (χ3v) is 4.69. The van der Waals surface area contributed by atoms with E-state index >= 15 is 0 Å². The van der Waals surface area contributed by atoms with E-state index in [-0.39, 0.29) is 12.3 Å². The maximum atomic E-state index is 12.1. The molecule has 0 bridgehead atoms. The molecular formula is C18H16ClN3O3S. The van der Waals surface area contributed by atoms with Crippen LogP contribution in [0.5, 0.6) is 5.88 Å². The minimum absolute atomic E-state index is 0.218. The van der Waals surface area contributed by atoms with Crippen LogP contribution in [0.25, 0.3) is 5.69 Å². The van der Waals surface area contributed by atoms with Crippen LogP contribution in [0.3, 0.4) is 0 Å². The monoisotopic (exact) mass is 389 g/mol. The van der Waals surface area contributed by atoms with E-state index in [0.717, 1.165) is 9.92 Å². The second-order valence-corrected chi connectivity index (χ2v) is 6.59. The van der Waals surface area contributed by atoms with Gasteiger partial charge in [0.05, 0.1) is 24.4 Å². The van der Waals surface area contributed by atoms with Crippen LogP contribution in [0.2, 0.25) is 5.02 Å². The van der Waals surface area contributed by atoms with Gasteiger partial charge in [0.2, 0.25) is 5.88 Å². The highest BCUT2D eigenvalue weighted by Crippen LogP contribution is 2.33. The highest BCUT2D eigenvalue weighted by molar-refractivity contribution is 7.99. The summed E-state index contributed by atoms with van der Waals surface area (Å²) >= 11 is 7.73. The molecule has 0 aliphatic rings. The van der Waals surface area contributed by atoms with Crippen molar-refractivity contribution in [3.05, 3.63) is 59.4 Å². The SMILES string of the molecule is CCOC(=O)c1cc(Sc2ccnc(OC)c2)n(-c2ccccc2Cl)n1. The molecule has 0 atom stereocenters. The van der Waals surface area contributed by atoms with Crippen LogP contribution in [0.15, 0.2) is 58.6 Å². The third-order valence-electron chi connectivity index (χ3n) is 3.38. The quantitative estimate of drug-likeness (QED) is 0.587. The standard InChI is InChI=1S/C18H16ClN3O3S/c1-3-25-18(23)14-11-17(26-12-8-9-20-16(10-12)24-2)22(21-14)15-7-5-4-6-13(15)19/h4-11H,3H2,1-2H3. The zero-order valence-electron chi connectivity index (χ0n) is 14.2. The molecule has 1 aromatic carbocycles. The van der Waals surface area contributed by atoms with E-state index in [4.69, 9.17) is 21.1 Å². The largest absolute Gasteiger partial charge is 0.481 e. The second kappa shape index (κ2) is 8.25. The number of aromatic nitrogens is 3. The van der Waals surface area contributed by atoms with Crippen molar-refractivity contribution in [2.75, 3.05) is 13.7 Å². The number of hydrogen-bond donors (Lipinski definition) is 0. The molecule has 0 aliphatic heterocycles. The molecule has 0 saturated carbocycles. The lowest BCUT2D eigenvalue weighted by molar-refractivity contribution is 0.0519. The summed E-state index contributed by atoms with van der Waals surface area (Å²) in [5.74, 6) is 0.0249. The lowest BCUT2D eigenvalue weighted by atomic mass is 10.3. The topological polar surface area (TPSA) is 66.2 Å². The van der Waals surface area contributed by atoms with Gasteiger partial charge in [0.25, 0.3) is 0 Å². The van der Waals surface area contributed by atoms with Gasteiger partial charge in [0, 0.05) is 23.2 Å². The summed E-state index contributed by atoms with van der Waals surface area (Å²) in [4.78, 5) is 17.1. The Morgan fingerprint density at radius 3 is 2.81 bits per heavy atom. The summed E-state index contributed by atoms with van der Waals surface area (Å²) in [5.41, 5.74) is 0.892. The molecule has 0 radical (unpaired) electrons. The highest BCUT2D eigenvalue weighted by Gasteiger charge is 2.18. The molecule has 3 aromatic rings. The average molecular weight is 390 g/mol. The molecule has 3 rings (SSSR count). The first-order valence-electron chi connectivity index (χ1n) is 7.82. The van der Waals surface area contributed by atoms with Gasteiger partial charge >= 0.3 is 5.97 Å². The van der Waals surface area contributed by atoms with E-state index in [1.165, 1.54) is 11.8 Å². The molecule has 0 amide bonds. The van der Waals surface area contributed by atoms with Crippen LogP contribution in [0.4, 0.5) is 0 Å². The van der Waals surface area contributed by atoms with Crippen LogP contribution in [0, 0.1) is 0 Å². The van der Waals surface area contributed by atoms with Gasteiger partial charge in [-0.1, -0.05) is 35.5 Å². The summed E-state index contributed by atoms with van der Waals surface area (Å²) in [6, 6.07) is 12.6. The number of para-hydroxylation sites is 1. The number of esters is 1. The number of ether oxygens (including phenoxy) is 2. The molecule has 0 unspecified atom stereocenters. The van der Waals surface area contributed by atoms with Gasteiger partial charge in [-0.25, -0.2) is 14.5 Å². The maximum absolute atomic E-state index is 12.1. The van der Waals surface area contributed by atoms with Crippen molar-refractivity contribution in [3.8, 4) is 11.6 Å². The van der Waals surface area contributed by atoms with Crippen LogP contribution in [-0.4, -0.2) is 34.5 Å². The number of benzene rings is 1. The summed E-state index contributed by atoms with van der Waals surface area (Å²) in [6.07, 6.45) is 1.66. The van der Waals surface area contributed by atoms with E-state index in [9.17, 15) is 4.79 Å². The number of rotatable bonds is 6. The van der Waals surface area contributed by atoms with Crippen molar-refractivity contribution in [1.82, 2.24) is 14.8 Å².